The van der Waals surface area contributed by atoms with Crippen LogP contribution in [0.1, 0.15) is 20.9 Å². The first-order chi connectivity index (χ1) is 17.5. The Hall–Kier alpha value is -3.69. The standard InChI is InChI=1S/C27H23BrN4O3S/c28-22-7-3-2-6-21(22)25(33)30-27(36)29-19-9-11-20(12-10-19)31-13-15-32(16-14-31)26(34)24-17-18-5-1-4-8-23(18)35-24/h1-12,17H,13-16H2,(H2,29,30,33,36). The van der Waals surface area contributed by atoms with Gasteiger partial charge in [-0.2, -0.15) is 0 Å². The lowest BCUT2D eigenvalue weighted by molar-refractivity contribution is 0.0717. The van der Waals surface area contributed by atoms with Crippen LogP contribution in [0.3, 0.4) is 0 Å². The van der Waals surface area contributed by atoms with E-state index in [4.69, 9.17) is 16.6 Å². The lowest BCUT2D eigenvalue weighted by Gasteiger charge is -2.35. The summed E-state index contributed by atoms with van der Waals surface area (Å²) in [5.41, 5.74) is 3.06. The molecule has 1 saturated heterocycles. The van der Waals surface area contributed by atoms with Gasteiger partial charge in [0.15, 0.2) is 10.9 Å². The van der Waals surface area contributed by atoms with Crippen molar-refractivity contribution in [2.24, 2.45) is 0 Å². The first-order valence-electron chi connectivity index (χ1n) is 11.5. The number of nitrogens with zero attached hydrogens (tertiary/aromatic N) is 2. The molecule has 36 heavy (non-hydrogen) atoms. The molecule has 1 aliphatic heterocycles. The third kappa shape index (κ3) is 5.27. The minimum absolute atomic E-state index is 0.0801. The molecule has 182 valence electrons. The molecule has 0 aliphatic carbocycles. The van der Waals surface area contributed by atoms with Gasteiger partial charge in [-0.25, -0.2) is 0 Å². The van der Waals surface area contributed by atoms with E-state index in [1.54, 1.807) is 24.3 Å². The fourth-order valence-corrected chi connectivity index (χ4v) is 4.82. The second kappa shape index (κ2) is 10.5. The molecule has 3 aromatic carbocycles. The summed E-state index contributed by atoms with van der Waals surface area (Å²) < 4.78 is 6.45. The lowest BCUT2D eigenvalue weighted by Crippen LogP contribution is -2.48. The second-order valence-electron chi connectivity index (χ2n) is 8.36. The van der Waals surface area contributed by atoms with Crippen LogP contribution in [0.15, 0.2) is 87.8 Å². The number of nitrogens with one attached hydrogen (secondary N) is 2. The van der Waals surface area contributed by atoms with Crippen LogP contribution < -0.4 is 15.5 Å². The third-order valence-electron chi connectivity index (χ3n) is 6.04. The minimum atomic E-state index is -0.285. The Labute approximate surface area is 222 Å². The van der Waals surface area contributed by atoms with Crippen molar-refractivity contribution in [2.75, 3.05) is 36.4 Å². The van der Waals surface area contributed by atoms with Gasteiger partial charge in [-0.15, -0.1) is 0 Å². The predicted octanol–water partition coefficient (Wildman–Crippen LogP) is 5.28. The Morgan fingerprint density at radius 1 is 0.889 bits per heavy atom. The lowest BCUT2D eigenvalue weighted by atomic mass is 10.2. The van der Waals surface area contributed by atoms with Crippen molar-refractivity contribution in [3.05, 3.63) is 94.7 Å². The molecule has 9 heteroatoms. The minimum Gasteiger partial charge on any atom is -0.451 e. The fourth-order valence-electron chi connectivity index (χ4n) is 4.14. The maximum absolute atomic E-state index is 12.9. The molecule has 4 aromatic rings. The largest absolute Gasteiger partial charge is 0.451 e. The molecule has 1 aromatic heterocycles. The number of rotatable bonds is 4. The Balaban J connectivity index is 1.14. The molecule has 0 bridgehead atoms. The zero-order valence-electron chi connectivity index (χ0n) is 19.2. The number of hydrogen-bond donors (Lipinski definition) is 2. The summed E-state index contributed by atoms with van der Waals surface area (Å²) in [6.07, 6.45) is 0. The van der Waals surface area contributed by atoms with Crippen molar-refractivity contribution in [1.82, 2.24) is 10.2 Å². The van der Waals surface area contributed by atoms with E-state index in [2.05, 4.69) is 31.5 Å². The summed E-state index contributed by atoms with van der Waals surface area (Å²) in [6.45, 7) is 2.67. The number of fused-ring (bicyclic) bond motifs is 1. The second-order valence-corrected chi connectivity index (χ2v) is 9.63. The summed E-state index contributed by atoms with van der Waals surface area (Å²) in [5.74, 6) is 0.0120. The van der Waals surface area contributed by atoms with Gasteiger partial charge in [-0.05, 0) is 76.7 Å². The van der Waals surface area contributed by atoms with Crippen LogP contribution in [-0.2, 0) is 0 Å². The van der Waals surface area contributed by atoms with E-state index in [-0.39, 0.29) is 16.9 Å². The molecule has 5 rings (SSSR count). The highest BCUT2D eigenvalue weighted by Crippen LogP contribution is 2.23. The first-order valence-corrected chi connectivity index (χ1v) is 12.7. The van der Waals surface area contributed by atoms with Gasteiger partial charge in [0.25, 0.3) is 11.8 Å². The van der Waals surface area contributed by atoms with Crippen molar-refractivity contribution in [2.45, 2.75) is 0 Å². The van der Waals surface area contributed by atoms with E-state index in [0.717, 1.165) is 35.4 Å². The van der Waals surface area contributed by atoms with Crippen LogP contribution >= 0.6 is 28.1 Å². The Bertz CT molecular complexity index is 1400. The number of furan rings is 1. The van der Waals surface area contributed by atoms with Gasteiger partial charge in [0, 0.05) is 47.4 Å². The molecule has 1 aliphatic rings. The normalized spacial score (nSPS) is 13.5. The van der Waals surface area contributed by atoms with Crippen LogP contribution in [0.5, 0.6) is 0 Å². The number of hydrogen-bond acceptors (Lipinski definition) is 5. The molecular weight excluding hydrogens is 540 g/mol. The van der Waals surface area contributed by atoms with E-state index in [9.17, 15) is 9.59 Å². The van der Waals surface area contributed by atoms with Crippen LogP contribution in [0.25, 0.3) is 11.0 Å². The summed E-state index contributed by atoms with van der Waals surface area (Å²) in [4.78, 5) is 29.4. The third-order valence-corrected chi connectivity index (χ3v) is 6.93. The van der Waals surface area contributed by atoms with Crippen molar-refractivity contribution in [1.29, 1.82) is 0 Å². The molecule has 2 N–H and O–H groups in total. The predicted molar refractivity (Wildman–Crippen MR) is 149 cm³/mol. The van der Waals surface area contributed by atoms with E-state index < -0.39 is 0 Å². The Morgan fingerprint density at radius 2 is 1.58 bits per heavy atom. The number of carbonyl (C=O) groups is 2. The first kappa shape index (κ1) is 24.0. The molecular formula is C27H23BrN4O3S. The quantitative estimate of drug-likeness (QED) is 0.329. The van der Waals surface area contributed by atoms with Crippen molar-refractivity contribution >= 4 is 67.4 Å². The van der Waals surface area contributed by atoms with Gasteiger partial charge in [-0.3, -0.25) is 14.9 Å². The highest BCUT2D eigenvalue weighted by atomic mass is 79.9. The smallest absolute Gasteiger partial charge is 0.289 e. The number of halogens is 1. The highest BCUT2D eigenvalue weighted by molar-refractivity contribution is 9.10. The number of anilines is 2. The summed E-state index contributed by atoms with van der Waals surface area (Å²) >= 11 is 8.67. The fraction of sp³-hybridized carbons (Fsp3) is 0.148. The topological polar surface area (TPSA) is 77.8 Å². The van der Waals surface area contributed by atoms with Gasteiger partial charge in [0.05, 0.1) is 5.56 Å². The number of carbonyl (C=O) groups excluding carboxylic acids is 2. The molecule has 7 nitrogen and oxygen atoms in total. The van der Waals surface area contributed by atoms with Gasteiger partial charge < -0.3 is 19.5 Å². The van der Waals surface area contributed by atoms with Crippen LogP contribution in [-0.4, -0.2) is 48.0 Å². The van der Waals surface area contributed by atoms with Gasteiger partial charge in [0.1, 0.15) is 5.58 Å². The van der Waals surface area contributed by atoms with Crippen LogP contribution in [0.2, 0.25) is 0 Å². The average molecular weight is 563 g/mol. The summed E-state index contributed by atoms with van der Waals surface area (Å²) in [5, 5.41) is 6.90. The van der Waals surface area contributed by atoms with E-state index in [0.29, 0.717) is 28.9 Å². The molecule has 0 saturated carbocycles. The van der Waals surface area contributed by atoms with E-state index >= 15 is 0 Å². The molecule has 0 unspecified atom stereocenters. The monoisotopic (exact) mass is 562 g/mol. The molecule has 1 fully saturated rings. The van der Waals surface area contributed by atoms with Crippen molar-refractivity contribution in [3.63, 3.8) is 0 Å². The van der Waals surface area contributed by atoms with E-state index in [1.807, 2.05) is 59.5 Å². The molecule has 2 heterocycles. The number of piperazine rings is 1. The zero-order valence-corrected chi connectivity index (χ0v) is 21.6. The molecule has 0 atom stereocenters. The number of amides is 2. The van der Waals surface area contributed by atoms with Gasteiger partial charge in [0.2, 0.25) is 0 Å². The van der Waals surface area contributed by atoms with E-state index in [1.165, 1.54) is 0 Å². The maximum atomic E-state index is 12.9. The molecule has 0 radical (unpaired) electrons. The maximum Gasteiger partial charge on any atom is 0.289 e. The number of benzene rings is 3. The summed E-state index contributed by atoms with van der Waals surface area (Å²) in [6, 6.07) is 24.4. The average Bonchev–Trinajstić information content (AvgIpc) is 3.33. The van der Waals surface area contributed by atoms with Crippen LogP contribution in [0.4, 0.5) is 11.4 Å². The van der Waals surface area contributed by atoms with Gasteiger partial charge in [-0.1, -0.05) is 30.3 Å². The number of thiocarbonyl (C=S) groups is 1. The van der Waals surface area contributed by atoms with Crippen molar-refractivity contribution in [3.8, 4) is 0 Å². The molecule has 0 spiro atoms. The zero-order chi connectivity index (χ0) is 25.1. The van der Waals surface area contributed by atoms with Gasteiger partial charge >= 0.3 is 0 Å². The Morgan fingerprint density at radius 3 is 2.31 bits per heavy atom. The summed E-state index contributed by atoms with van der Waals surface area (Å²) in [7, 11) is 0. The Kier molecular flexibility index (Phi) is 7.02. The SMILES string of the molecule is O=C(NC(=S)Nc1ccc(N2CCN(C(=O)c3cc4ccccc4o3)CC2)cc1)c1ccccc1Br. The highest BCUT2D eigenvalue weighted by Gasteiger charge is 2.24. The van der Waals surface area contributed by atoms with Crippen LogP contribution in [0, 0.1) is 0 Å². The number of para-hydroxylation sites is 1. The van der Waals surface area contributed by atoms with Crippen molar-refractivity contribution < 1.29 is 14.0 Å². The molecule has 2 amide bonds.